The van der Waals surface area contributed by atoms with E-state index < -0.39 is 17.6 Å². The minimum atomic E-state index is -0.733. The third-order valence-corrected chi connectivity index (χ3v) is 3.56. The summed E-state index contributed by atoms with van der Waals surface area (Å²) in [6, 6.07) is 6.93. The number of hydrogen-bond acceptors (Lipinski definition) is 5. The Hall–Kier alpha value is -1.81. The molecule has 0 atom stereocenters. The van der Waals surface area contributed by atoms with Crippen molar-refractivity contribution in [3.8, 4) is 0 Å². The lowest BCUT2D eigenvalue weighted by atomic mass is 10.2. The standard InChI is InChI=1S/C15H15ClIN3O4/c1-15(2,3)24-14(22)19-13-18-11(8-23-13)12(21)20(16)10-6-4-5-9(17)7-10/h4-8H,1-3H3,(H,18,19,22). The van der Waals surface area contributed by atoms with E-state index >= 15 is 0 Å². The molecule has 0 aliphatic rings. The number of ether oxygens (including phenoxy) is 1. The van der Waals surface area contributed by atoms with Crippen LogP contribution in [0.25, 0.3) is 0 Å². The molecular weight excluding hydrogens is 449 g/mol. The van der Waals surface area contributed by atoms with Crippen molar-refractivity contribution in [2.24, 2.45) is 0 Å². The summed E-state index contributed by atoms with van der Waals surface area (Å²) in [5, 5.41) is 2.31. The smallest absolute Gasteiger partial charge is 0.415 e. The Balaban J connectivity index is 2.07. The van der Waals surface area contributed by atoms with Crippen LogP contribution in [0.5, 0.6) is 0 Å². The van der Waals surface area contributed by atoms with E-state index in [0.717, 1.165) is 14.3 Å². The molecule has 2 amide bonds. The summed E-state index contributed by atoms with van der Waals surface area (Å²) in [5.74, 6) is -0.584. The average Bonchev–Trinajstić information content (AvgIpc) is 2.92. The zero-order valence-corrected chi connectivity index (χ0v) is 16.1. The summed E-state index contributed by atoms with van der Waals surface area (Å²) in [7, 11) is 0. The van der Waals surface area contributed by atoms with Gasteiger partial charge < -0.3 is 9.15 Å². The first-order valence-corrected chi connectivity index (χ1v) is 8.29. The maximum absolute atomic E-state index is 12.3. The van der Waals surface area contributed by atoms with Gasteiger partial charge in [-0.15, -0.1) is 0 Å². The van der Waals surface area contributed by atoms with E-state index in [0.29, 0.717) is 5.69 Å². The van der Waals surface area contributed by atoms with Crippen molar-refractivity contribution in [2.45, 2.75) is 26.4 Å². The monoisotopic (exact) mass is 463 g/mol. The van der Waals surface area contributed by atoms with E-state index in [1.54, 1.807) is 39.0 Å². The first-order chi connectivity index (χ1) is 11.2. The topological polar surface area (TPSA) is 84.7 Å². The van der Waals surface area contributed by atoms with Crippen molar-refractivity contribution in [1.29, 1.82) is 0 Å². The summed E-state index contributed by atoms with van der Waals surface area (Å²) >= 11 is 8.16. The number of anilines is 2. The van der Waals surface area contributed by atoms with Crippen LogP contribution in [0, 0.1) is 3.57 Å². The Morgan fingerprint density at radius 3 is 2.71 bits per heavy atom. The highest BCUT2D eigenvalue weighted by molar-refractivity contribution is 14.1. The molecule has 0 bridgehead atoms. The van der Waals surface area contributed by atoms with E-state index in [4.69, 9.17) is 20.9 Å². The molecule has 9 heteroatoms. The van der Waals surface area contributed by atoms with Gasteiger partial charge in [0, 0.05) is 15.3 Å². The molecule has 24 heavy (non-hydrogen) atoms. The molecule has 1 aromatic carbocycles. The average molecular weight is 464 g/mol. The molecule has 0 aliphatic carbocycles. The van der Waals surface area contributed by atoms with E-state index in [9.17, 15) is 9.59 Å². The molecule has 128 valence electrons. The summed E-state index contributed by atoms with van der Waals surface area (Å²) in [6.45, 7) is 5.18. The number of amides is 2. The van der Waals surface area contributed by atoms with Gasteiger partial charge in [0.25, 0.3) is 5.91 Å². The lowest BCUT2D eigenvalue weighted by molar-refractivity contribution is 0.0631. The Morgan fingerprint density at radius 1 is 1.38 bits per heavy atom. The number of nitrogens with zero attached hydrogens (tertiary/aromatic N) is 2. The van der Waals surface area contributed by atoms with E-state index in [2.05, 4.69) is 32.9 Å². The molecule has 2 rings (SSSR count). The van der Waals surface area contributed by atoms with Crippen LogP contribution in [0.3, 0.4) is 0 Å². The third kappa shape index (κ3) is 5.10. The van der Waals surface area contributed by atoms with Gasteiger partial charge in [-0.1, -0.05) is 6.07 Å². The molecule has 1 heterocycles. The minimum absolute atomic E-state index is 0.0464. The van der Waals surface area contributed by atoms with Gasteiger partial charge in [-0.25, -0.2) is 14.5 Å². The zero-order valence-electron chi connectivity index (χ0n) is 13.2. The van der Waals surface area contributed by atoms with Gasteiger partial charge in [0.05, 0.1) is 5.69 Å². The molecule has 7 nitrogen and oxygen atoms in total. The van der Waals surface area contributed by atoms with Crippen LogP contribution in [0.2, 0.25) is 0 Å². The van der Waals surface area contributed by atoms with E-state index in [1.165, 1.54) is 0 Å². The molecular formula is C15H15ClIN3O4. The Morgan fingerprint density at radius 2 is 2.08 bits per heavy atom. The second kappa shape index (κ2) is 7.39. The normalized spacial score (nSPS) is 11.0. The maximum atomic E-state index is 12.3. The Kier molecular flexibility index (Phi) is 5.70. The molecule has 0 fully saturated rings. The Bertz CT molecular complexity index is 757. The van der Waals surface area contributed by atoms with E-state index in [-0.39, 0.29) is 11.7 Å². The number of nitrogens with one attached hydrogen (secondary N) is 1. The van der Waals surface area contributed by atoms with Crippen molar-refractivity contribution in [3.05, 3.63) is 39.8 Å². The molecule has 0 aliphatic heterocycles. The van der Waals surface area contributed by atoms with Gasteiger partial charge in [-0.2, -0.15) is 4.98 Å². The van der Waals surface area contributed by atoms with Gasteiger partial charge in [-0.05, 0) is 61.6 Å². The van der Waals surface area contributed by atoms with Crippen molar-refractivity contribution in [3.63, 3.8) is 0 Å². The van der Waals surface area contributed by atoms with Gasteiger partial charge >= 0.3 is 12.1 Å². The summed E-state index contributed by atoms with van der Waals surface area (Å²) in [5.41, 5.74) is -0.208. The predicted octanol–water partition coefficient (Wildman–Crippen LogP) is 4.43. The van der Waals surface area contributed by atoms with Crippen LogP contribution in [0.4, 0.5) is 16.5 Å². The quantitative estimate of drug-likeness (QED) is 0.538. The summed E-state index contributed by atoms with van der Waals surface area (Å²) < 4.78 is 12.0. The van der Waals surface area contributed by atoms with Crippen LogP contribution < -0.4 is 9.74 Å². The highest BCUT2D eigenvalue weighted by Crippen LogP contribution is 2.22. The lowest BCUT2D eigenvalue weighted by Crippen LogP contribution is -2.27. The molecule has 0 unspecified atom stereocenters. The highest BCUT2D eigenvalue weighted by Gasteiger charge is 2.22. The third-order valence-electron chi connectivity index (χ3n) is 2.54. The molecule has 1 N–H and O–H groups in total. The number of oxazole rings is 1. The number of carbonyl (C=O) groups excluding carboxylic acids is 2. The van der Waals surface area contributed by atoms with Crippen molar-refractivity contribution < 1.29 is 18.7 Å². The van der Waals surface area contributed by atoms with Crippen LogP contribution in [0.1, 0.15) is 31.3 Å². The van der Waals surface area contributed by atoms with Crippen molar-refractivity contribution in [2.75, 3.05) is 9.74 Å². The van der Waals surface area contributed by atoms with E-state index in [1.807, 2.05) is 6.07 Å². The molecule has 0 saturated heterocycles. The van der Waals surface area contributed by atoms with Crippen molar-refractivity contribution in [1.82, 2.24) is 4.98 Å². The van der Waals surface area contributed by atoms with Gasteiger partial charge in [0.15, 0.2) is 5.69 Å². The molecule has 0 spiro atoms. The van der Waals surface area contributed by atoms with Gasteiger partial charge in [0.2, 0.25) is 0 Å². The SMILES string of the molecule is CC(C)(C)OC(=O)Nc1nc(C(=O)N(Cl)c2cccc(I)c2)co1. The van der Waals surface area contributed by atoms with Crippen LogP contribution in [0.15, 0.2) is 34.9 Å². The number of aromatic nitrogens is 1. The van der Waals surface area contributed by atoms with Crippen LogP contribution in [-0.4, -0.2) is 22.6 Å². The van der Waals surface area contributed by atoms with Gasteiger partial charge in [0.1, 0.15) is 11.9 Å². The number of hydrogen-bond donors (Lipinski definition) is 1. The fraction of sp³-hybridized carbons (Fsp3) is 0.267. The predicted molar refractivity (Wildman–Crippen MR) is 98.2 cm³/mol. The van der Waals surface area contributed by atoms with Crippen molar-refractivity contribution >= 4 is 58.1 Å². The second-order valence-electron chi connectivity index (χ2n) is 5.73. The lowest BCUT2D eigenvalue weighted by Gasteiger charge is -2.18. The second-order valence-corrected chi connectivity index (χ2v) is 7.31. The number of carbonyl (C=O) groups is 2. The number of rotatable bonds is 3. The molecule has 0 radical (unpaired) electrons. The molecule has 2 aromatic rings. The minimum Gasteiger partial charge on any atom is -0.443 e. The van der Waals surface area contributed by atoms with Gasteiger partial charge in [-0.3, -0.25) is 4.79 Å². The highest BCUT2D eigenvalue weighted by atomic mass is 127. The van der Waals surface area contributed by atoms with Crippen LogP contribution in [-0.2, 0) is 4.74 Å². The fourth-order valence-corrected chi connectivity index (χ4v) is 2.35. The summed E-state index contributed by atoms with van der Waals surface area (Å²) in [4.78, 5) is 27.8. The summed E-state index contributed by atoms with van der Waals surface area (Å²) in [6.07, 6.45) is 0.377. The maximum Gasteiger partial charge on any atom is 0.415 e. The number of benzene rings is 1. The van der Waals surface area contributed by atoms with Crippen LogP contribution >= 0.6 is 34.4 Å². The Labute approximate surface area is 157 Å². The molecule has 0 saturated carbocycles. The largest absolute Gasteiger partial charge is 0.443 e. The zero-order chi connectivity index (χ0) is 17.9. The molecule has 1 aromatic heterocycles. The first-order valence-electron chi connectivity index (χ1n) is 6.87. The number of halogens is 2. The fourth-order valence-electron chi connectivity index (χ4n) is 1.64. The first kappa shape index (κ1) is 18.5.